The number of amidine groups is 1. The van der Waals surface area contributed by atoms with Gasteiger partial charge in [-0.2, -0.15) is 0 Å². The molecular formula is C13H19N3O3. The summed E-state index contributed by atoms with van der Waals surface area (Å²) in [5.41, 5.74) is 6.24. The molecule has 0 aromatic heterocycles. The van der Waals surface area contributed by atoms with Crippen LogP contribution in [0.25, 0.3) is 0 Å². The lowest BCUT2D eigenvalue weighted by Gasteiger charge is -2.05. The highest BCUT2D eigenvalue weighted by Gasteiger charge is 2.03. The second-order valence-corrected chi connectivity index (χ2v) is 4.07. The summed E-state index contributed by atoms with van der Waals surface area (Å²) in [6.07, 6.45) is 1.43. The van der Waals surface area contributed by atoms with Crippen molar-refractivity contribution in [2.75, 3.05) is 13.7 Å². The summed E-state index contributed by atoms with van der Waals surface area (Å²) in [6, 6.07) is 7.35. The zero-order chi connectivity index (χ0) is 14.1. The Bertz CT molecular complexity index is 429. The van der Waals surface area contributed by atoms with E-state index in [0.29, 0.717) is 25.8 Å². The summed E-state index contributed by atoms with van der Waals surface area (Å²) in [4.78, 5) is 11.6. The second-order valence-electron chi connectivity index (χ2n) is 4.07. The minimum atomic E-state index is -0.0512. The average Bonchev–Trinajstić information content (AvgIpc) is 2.44. The van der Waals surface area contributed by atoms with Crippen LogP contribution in [0.1, 0.15) is 18.4 Å². The first-order valence-corrected chi connectivity index (χ1v) is 6.01. The third kappa shape index (κ3) is 5.76. The Kier molecular flexibility index (Phi) is 6.21. The Morgan fingerprint density at radius 1 is 1.42 bits per heavy atom. The van der Waals surface area contributed by atoms with Crippen LogP contribution in [0.2, 0.25) is 0 Å². The average molecular weight is 265 g/mol. The van der Waals surface area contributed by atoms with Crippen molar-refractivity contribution < 1.29 is 14.7 Å². The van der Waals surface area contributed by atoms with Crippen LogP contribution in [-0.4, -0.2) is 30.6 Å². The smallest absolute Gasteiger partial charge is 0.224 e. The molecule has 104 valence electrons. The lowest BCUT2D eigenvalue weighted by atomic mass is 10.1. The molecule has 0 fully saturated rings. The molecule has 0 aliphatic carbocycles. The molecule has 1 rings (SSSR count). The first kappa shape index (κ1) is 14.8. The Labute approximate surface area is 112 Å². The number of nitrogens with two attached hydrogens (primary N) is 1. The molecule has 0 saturated carbocycles. The maximum Gasteiger partial charge on any atom is 0.224 e. The fraction of sp³-hybridized carbons (Fsp3) is 0.385. The molecule has 0 atom stereocenters. The number of hydrogen-bond donors (Lipinski definition) is 3. The Morgan fingerprint density at radius 3 is 2.68 bits per heavy atom. The van der Waals surface area contributed by atoms with Gasteiger partial charge in [-0.1, -0.05) is 17.3 Å². The largest absolute Gasteiger partial charge is 0.497 e. The number of methoxy groups -OCH3 is 1. The predicted octanol–water partition coefficient (Wildman–Crippen LogP) is 0.881. The first-order chi connectivity index (χ1) is 9.15. The van der Waals surface area contributed by atoms with Crippen molar-refractivity contribution in [1.29, 1.82) is 0 Å². The van der Waals surface area contributed by atoms with Crippen molar-refractivity contribution in [2.45, 2.75) is 19.3 Å². The van der Waals surface area contributed by atoms with E-state index in [0.717, 1.165) is 11.3 Å². The normalized spacial score (nSPS) is 11.1. The monoisotopic (exact) mass is 265 g/mol. The molecule has 0 radical (unpaired) electrons. The summed E-state index contributed by atoms with van der Waals surface area (Å²) < 4.78 is 5.04. The number of carbonyl (C=O) groups excluding carboxylic acids is 1. The van der Waals surface area contributed by atoms with Gasteiger partial charge in [0, 0.05) is 13.0 Å². The minimum absolute atomic E-state index is 0.0512. The quantitative estimate of drug-likeness (QED) is 0.224. The number of carbonyl (C=O) groups is 1. The zero-order valence-corrected chi connectivity index (χ0v) is 10.9. The van der Waals surface area contributed by atoms with Gasteiger partial charge < -0.3 is 21.0 Å². The van der Waals surface area contributed by atoms with Gasteiger partial charge >= 0.3 is 0 Å². The molecule has 0 unspecified atom stereocenters. The fourth-order valence-corrected chi connectivity index (χ4v) is 1.54. The summed E-state index contributed by atoms with van der Waals surface area (Å²) in [5, 5.41) is 14.0. The number of oxime groups is 1. The fourth-order valence-electron chi connectivity index (χ4n) is 1.54. The van der Waals surface area contributed by atoms with E-state index in [1.165, 1.54) is 0 Å². The van der Waals surface area contributed by atoms with Crippen LogP contribution < -0.4 is 15.8 Å². The van der Waals surface area contributed by atoms with Gasteiger partial charge in [0.15, 0.2) is 0 Å². The minimum Gasteiger partial charge on any atom is -0.497 e. The highest BCUT2D eigenvalue weighted by Crippen LogP contribution is 2.11. The summed E-state index contributed by atoms with van der Waals surface area (Å²) in [6.45, 7) is 0.505. The van der Waals surface area contributed by atoms with Gasteiger partial charge in [-0.3, -0.25) is 4.79 Å². The third-order valence-electron chi connectivity index (χ3n) is 2.58. The molecule has 0 bridgehead atoms. The van der Waals surface area contributed by atoms with E-state index in [2.05, 4.69) is 10.5 Å². The first-order valence-electron chi connectivity index (χ1n) is 6.01. The Balaban J connectivity index is 2.26. The molecule has 4 N–H and O–H groups in total. The highest BCUT2D eigenvalue weighted by molar-refractivity contribution is 5.80. The molecule has 0 aliphatic rings. The number of benzene rings is 1. The number of amides is 1. The van der Waals surface area contributed by atoms with Crippen molar-refractivity contribution in [2.24, 2.45) is 10.9 Å². The molecule has 1 aromatic rings. The molecule has 19 heavy (non-hydrogen) atoms. The topological polar surface area (TPSA) is 96.9 Å². The van der Waals surface area contributed by atoms with E-state index in [4.69, 9.17) is 15.7 Å². The van der Waals surface area contributed by atoms with Crippen LogP contribution in [0, 0.1) is 0 Å². The van der Waals surface area contributed by atoms with E-state index in [9.17, 15) is 4.79 Å². The van der Waals surface area contributed by atoms with Crippen molar-refractivity contribution in [1.82, 2.24) is 5.32 Å². The van der Waals surface area contributed by atoms with Crippen molar-refractivity contribution >= 4 is 11.7 Å². The van der Waals surface area contributed by atoms with Gasteiger partial charge in [0.1, 0.15) is 11.6 Å². The predicted molar refractivity (Wildman–Crippen MR) is 72.4 cm³/mol. The molecule has 6 nitrogen and oxygen atoms in total. The van der Waals surface area contributed by atoms with E-state index in [-0.39, 0.29) is 11.7 Å². The van der Waals surface area contributed by atoms with Crippen LogP contribution in [0.3, 0.4) is 0 Å². The summed E-state index contributed by atoms with van der Waals surface area (Å²) in [5.74, 6) is 0.886. The van der Waals surface area contributed by atoms with Gasteiger partial charge in [0.05, 0.1) is 13.5 Å². The van der Waals surface area contributed by atoms with Crippen LogP contribution >= 0.6 is 0 Å². The van der Waals surface area contributed by atoms with Gasteiger partial charge in [0.2, 0.25) is 5.91 Å². The summed E-state index contributed by atoms with van der Waals surface area (Å²) >= 11 is 0. The van der Waals surface area contributed by atoms with Crippen LogP contribution in [0.15, 0.2) is 29.4 Å². The highest BCUT2D eigenvalue weighted by atomic mass is 16.5. The number of rotatable bonds is 7. The molecule has 0 spiro atoms. The van der Waals surface area contributed by atoms with Crippen molar-refractivity contribution in [3.05, 3.63) is 29.8 Å². The van der Waals surface area contributed by atoms with E-state index >= 15 is 0 Å². The van der Waals surface area contributed by atoms with Crippen LogP contribution in [-0.2, 0) is 11.2 Å². The number of ether oxygens (including phenoxy) is 1. The maximum atomic E-state index is 11.6. The van der Waals surface area contributed by atoms with Crippen LogP contribution in [0.4, 0.5) is 0 Å². The zero-order valence-electron chi connectivity index (χ0n) is 10.9. The van der Waals surface area contributed by atoms with E-state index in [1.807, 2.05) is 24.3 Å². The molecule has 0 heterocycles. The van der Waals surface area contributed by atoms with E-state index < -0.39 is 0 Å². The molecular weight excluding hydrogens is 246 g/mol. The number of nitrogens with zero attached hydrogens (tertiary/aromatic N) is 1. The molecule has 1 amide bonds. The standard InChI is InChI=1S/C13H19N3O3/c1-19-11-6-4-10(5-7-11)9-13(17)15-8-2-3-12(14)16-18/h4-7,18H,2-3,8-9H2,1H3,(H2,14,16)(H,15,17). The molecule has 0 saturated heterocycles. The molecule has 0 aliphatic heterocycles. The lowest BCUT2D eigenvalue weighted by molar-refractivity contribution is -0.120. The van der Waals surface area contributed by atoms with Gasteiger partial charge in [-0.15, -0.1) is 0 Å². The number of nitrogens with one attached hydrogen (secondary N) is 1. The third-order valence-corrected chi connectivity index (χ3v) is 2.58. The van der Waals surface area contributed by atoms with Crippen molar-refractivity contribution in [3.63, 3.8) is 0 Å². The molecule has 1 aromatic carbocycles. The maximum absolute atomic E-state index is 11.6. The number of hydrogen-bond acceptors (Lipinski definition) is 4. The van der Waals surface area contributed by atoms with Gasteiger partial charge in [0.25, 0.3) is 0 Å². The van der Waals surface area contributed by atoms with Gasteiger partial charge in [-0.25, -0.2) is 0 Å². The second kappa shape index (κ2) is 7.97. The Morgan fingerprint density at radius 2 is 2.11 bits per heavy atom. The van der Waals surface area contributed by atoms with Crippen molar-refractivity contribution in [3.8, 4) is 5.75 Å². The lowest BCUT2D eigenvalue weighted by Crippen LogP contribution is -2.27. The Hall–Kier alpha value is -2.24. The summed E-state index contributed by atoms with van der Waals surface area (Å²) in [7, 11) is 1.60. The van der Waals surface area contributed by atoms with Gasteiger partial charge in [-0.05, 0) is 24.1 Å². The van der Waals surface area contributed by atoms with E-state index in [1.54, 1.807) is 7.11 Å². The molecule has 6 heteroatoms. The SMILES string of the molecule is COc1ccc(CC(=O)NCCCC(N)=NO)cc1. The van der Waals surface area contributed by atoms with Crippen LogP contribution in [0.5, 0.6) is 5.75 Å².